The molecule has 0 saturated carbocycles. The van der Waals surface area contributed by atoms with Crippen molar-refractivity contribution in [3.05, 3.63) is 66.6 Å². The topological polar surface area (TPSA) is 333 Å². The van der Waals surface area contributed by atoms with Gasteiger partial charge in [-0.3, -0.25) is 43.2 Å². The SMILES string of the molecule is CC(C)CN.CCO.CCOC(=O)C(C(CC(C)(C)C1C(=O)OC(=O)C1C)C(=O)O)C(C)(C)CC(C(=O)O)C(C(=O)OCCNC(=O)c1ccc(N(C)C)cc1)C(C)(C)CC.CN(C)c1ccc(C(=O)CCCO)cc1.[CH2+]C1C(=O)OC(=O)C1C(C)(C)CC. The number of aliphatic carboxylic acids is 2. The lowest BCUT2D eigenvalue weighted by molar-refractivity contribution is -0.171. The molecule has 2 saturated heterocycles. The summed E-state index contributed by atoms with van der Waals surface area (Å²) in [5.74, 6) is -14.7. The van der Waals surface area contributed by atoms with Gasteiger partial charge in [0.25, 0.3) is 5.91 Å². The first-order valence-electron chi connectivity index (χ1n) is 30.6. The molecular weight excluding hydrogens is 1150 g/mol. The summed E-state index contributed by atoms with van der Waals surface area (Å²) in [7, 11) is 7.68. The van der Waals surface area contributed by atoms with Crippen LogP contribution in [0.3, 0.4) is 0 Å². The molecule has 89 heavy (non-hydrogen) atoms. The molecule has 1 amide bonds. The Morgan fingerprint density at radius 1 is 0.640 bits per heavy atom. The number of aliphatic hydroxyl groups excluding tert-OH is 2. The lowest BCUT2D eigenvalue weighted by Gasteiger charge is -2.43. The summed E-state index contributed by atoms with van der Waals surface area (Å²) in [6, 6.07) is 14.4. The number of hydrogen-bond donors (Lipinski definition) is 6. The van der Waals surface area contributed by atoms with Gasteiger partial charge in [0, 0.05) is 70.3 Å². The van der Waals surface area contributed by atoms with Crippen LogP contribution in [0.25, 0.3) is 0 Å². The molecule has 8 atom stereocenters. The standard InChI is InChI=1S/C39H58N2O12.C12H17NO2.C10H15O3.C4H11N.C2H6O/c1-12-37(4,5)28(35(49)52-19-18-40-30(42)23-14-16-24(17-15-23)41(10)11)25(31(43)44)21-39(8,9)29(34(48)51-13-2)26(32(45)46)20-38(6,7)27-22(3)33(47)53-36(27)50;1-13(2)11-7-5-10(6-8-11)12(15)4-3-9-14;1-5-10(3,4)7-6(2)8(11)13-9(7)12;1-4(2)3-5;1-2-3/h14-17,22,25-29H,12-13,18-21H2,1-11H3,(H,40,42)(H,43,44)(H,45,46);5-8,14H,3-4,9H2,1-2H3;6-7H,2,5H2,1,3-4H3;4H,3,5H2,1-2H3;3H,2H2,1H3/q;;+1;;. The number of carbonyl (C=O) groups is 10. The number of carbonyl (C=O) groups excluding carboxylic acids is 8. The lowest BCUT2D eigenvalue weighted by atomic mass is 9.59. The molecule has 2 aliphatic heterocycles. The highest BCUT2D eigenvalue weighted by Crippen LogP contribution is 2.50. The molecule has 502 valence electrons. The number of aliphatic hydroxyl groups is 2. The van der Waals surface area contributed by atoms with E-state index in [1.807, 2.05) is 83.0 Å². The van der Waals surface area contributed by atoms with Gasteiger partial charge in [-0.2, -0.15) is 0 Å². The zero-order valence-corrected chi connectivity index (χ0v) is 56.5. The molecule has 22 heteroatoms. The van der Waals surface area contributed by atoms with Crippen LogP contribution in [-0.2, 0) is 57.3 Å². The molecule has 0 bridgehead atoms. The molecule has 0 spiro atoms. The third-order valence-electron chi connectivity index (χ3n) is 16.4. The Labute approximate surface area is 528 Å². The number of anilines is 2. The molecule has 0 aromatic heterocycles. The number of rotatable bonds is 28. The minimum atomic E-state index is -1.48. The second-order valence-corrected chi connectivity index (χ2v) is 26.0. The van der Waals surface area contributed by atoms with E-state index in [-0.39, 0.29) is 68.8 Å². The van der Waals surface area contributed by atoms with Crippen LogP contribution in [0, 0.1) is 81.8 Å². The number of ether oxygens (including phenoxy) is 4. The van der Waals surface area contributed by atoms with E-state index >= 15 is 0 Å². The van der Waals surface area contributed by atoms with Gasteiger partial charge in [0.1, 0.15) is 12.5 Å². The van der Waals surface area contributed by atoms with Crippen molar-refractivity contribution in [2.45, 2.75) is 142 Å². The quantitative estimate of drug-likeness (QED) is 0.0116. The number of hydrogen-bond acceptors (Lipinski definition) is 19. The van der Waals surface area contributed by atoms with Gasteiger partial charge >= 0.3 is 47.8 Å². The van der Waals surface area contributed by atoms with Crippen molar-refractivity contribution in [1.82, 2.24) is 5.32 Å². The molecule has 2 aromatic carbocycles. The molecule has 2 aromatic rings. The fraction of sp³-hybridized carbons (Fsp3) is 0.657. The zero-order chi connectivity index (χ0) is 69.1. The smallest absolute Gasteiger partial charge is 0.362 e. The van der Waals surface area contributed by atoms with Gasteiger partial charge in [-0.25, -0.2) is 4.79 Å². The number of carboxylic acid groups (broad SMARTS) is 2. The highest BCUT2D eigenvalue weighted by Gasteiger charge is 2.56. The Bertz CT molecular complexity index is 2610. The van der Waals surface area contributed by atoms with Crippen LogP contribution in [-0.4, -0.2) is 148 Å². The summed E-state index contributed by atoms with van der Waals surface area (Å²) in [6.07, 6.45) is 1.58. The number of cyclic esters (lactones) is 4. The van der Waals surface area contributed by atoms with E-state index in [1.54, 1.807) is 86.6 Å². The van der Waals surface area contributed by atoms with Crippen LogP contribution in [0.2, 0.25) is 0 Å². The predicted molar refractivity (Wildman–Crippen MR) is 340 cm³/mol. The molecule has 4 rings (SSSR count). The van der Waals surface area contributed by atoms with E-state index in [0.717, 1.165) is 24.3 Å². The molecule has 22 nitrogen and oxygen atoms in total. The second kappa shape index (κ2) is 37.9. The second-order valence-electron chi connectivity index (χ2n) is 26.0. The van der Waals surface area contributed by atoms with Gasteiger partial charge in [-0.15, -0.1) is 0 Å². The van der Waals surface area contributed by atoms with Crippen molar-refractivity contribution in [3.63, 3.8) is 0 Å². The van der Waals surface area contributed by atoms with E-state index in [4.69, 9.17) is 30.2 Å². The van der Waals surface area contributed by atoms with Crippen molar-refractivity contribution >= 4 is 70.8 Å². The van der Waals surface area contributed by atoms with E-state index in [9.17, 15) is 58.2 Å². The molecular formula is C67H107N4O18+. The van der Waals surface area contributed by atoms with Crippen molar-refractivity contribution in [2.75, 3.05) is 77.5 Å². The number of esters is 6. The third kappa shape index (κ3) is 25.5. The van der Waals surface area contributed by atoms with Crippen LogP contribution in [0.5, 0.6) is 0 Å². The Balaban J connectivity index is 0.00000171. The maximum atomic E-state index is 13.8. The summed E-state index contributed by atoms with van der Waals surface area (Å²) in [5, 5.41) is 40.1. The van der Waals surface area contributed by atoms with Crippen LogP contribution in [0.1, 0.15) is 163 Å². The first-order valence-corrected chi connectivity index (χ1v) is 30.6. The zero-order valence-electron chi connectivity index (χ0n) is 56.5. The van der Waals surface area contributed by atoms with Crippen molar-refractivity contribution in [2.24, 2.45) is 80.7 Å². The summed E-state index contributed by atoms with van der Waals surface area (Å²) in [4.78, 5) is 129. The highest BCUT2D eigenvalue weighted by molar-refractivity contribution is 5.98. The van der Waals surface area contributed by atoms with Gasteiger partial charge in [0.05, 0.1) is 55.6 Å². The number of nitrogens with two attached hydrogens (primary N) is 1. The van der Waals surface area contributed by atoms with Gasteiger partial charge < -0.3 is 60.2 Å². The van der Waals surface area contributed by atoms with Crippen LogP contribution in [0.15, 0.2) is 48.5 Å². The van der Waals surface area contributed by atoms with Crippen molar-refractivity contribution < 1.29 is 87.3 Å². The lowest BCUT2D eigenvalue weighted by Crippen LogP contribution is -2.48. The molecule has 2 heterocycles. The van der Waals surface area contributed by atoms with Gasteiger partial charge in [0.15, 0.2) is 5.78 Å². The van der Waals surface area contributed by atoms with E-state index in [0.29, 0.717) is 36.3 Å². The number of Topliss-reactive ketones (excluding diaryl/α,β-unsaturated/α-hetero) is 1. The third-order valence-corrected chi connectivity index (χ3v) is 16.4. The summed E-state index contributed by atoms with van der Waals surface area (Å²) in [6.45, 7) is 30.9. The summed E-state index contributed by atoms with van der Waals surface area (Å²) in [5.41, 5.74) is 4.61. The maximum Gasteiger partial charge on any atom is 0.362 e. The number of carboxylic acids is 2. The summed E-state index contributed by atoms with van der Waals surface area (Å²) < 4.78 is 20.3. The number of nitrogens with zero attached hydrogens (tertiary/aromatic N) is 2. The van der Waals surface area contributed by atoms with E-state index < -0.39 is 105 Å². The van der Waals surface area contributed by atoms with Gasteiger partial charge in [0.2, 0.25) is 5.92 Å². The molecule has 2 aliphatic rings. The minimum absolute atomic E-state index is 0.0394. The van der Waals surface area contributed by atoms with Gasteiger partial charge in [-0.1, -0.05) is 96.4 Å². The molecule has 0 radical (unpaired) electrons. The monoisotopic (exact) mass is 1260 g/mol. The first kappa shape index (κ1) is 82.1. The summed E-state index contributed by atoms with van der Waals surface area (Å²) >= 11 is 0. The molecule has 7 N–H and O–H groups in total. The largest absolute Gasteiger partial charge is 0.481 e. The van der Waals surface area contributed by atoms with Crippen molar-refractivity contribution in [3.8, 4) is 0 Å². The average molecular weight is 1260 g/mol. The highest BCUT2D eigenvalue weighted by atomic mass is 16.6. The first-order chi connectivity index (χ1) is 41.2. The maximum absolute atomic E-state index is 13.8. The van der Waals surface area contributed by atoms with Crippen LogP contribution in [0.4, 0.5) is 11.4 Å². The fourth-order valence-electron chi connectivity index (χ4n) is 10.6. The molecule has 2 fully saturated rings. The van der Waals surface area contributed by atoms with Crippen LogP contribution < -0.4 is 20.9 Å². The van der Waals surface area contributed by atoms with E-state index in [1.165, 1.54) is 6.92 Å². The van der Waals surface area contributed by atoms with Crippen molar-refractivity contribution in [1.29, 1.82) is 0 Å². The Hall–Kier alpha value is -6.91. The van der Waals surface area contributed by atoms with E-state index in [2.05, 4.69) is 30.8 Å². The normalized spacial score (nSPS) is 17.8. The van der Waals surface area contributed by atoms with Gasteiger partial charge in [-0.05, 0) is 122 Å². The number of benzene rings is 2. The Morgan fingerprint density at radius 2 is 1.07 bits per heavy atom. The number of nitrogens with one attached hydrogen (secondary N) is 1. The number of ketones is 1. The van der Waals surface area contributed by atoms with Crippen LogP contribution >= 0.6 is 0 Å². The average Bonchev–Trinajstić information content (AvgIpc) is 3.26. The molecule has 0 aliphatic carbocycles. The predicted octanol–water partition coefficient (Wildman–Crippen LogP) is 8.71. The molecule has 8 unspecified atom stereocenters. The minimum Gasteiger partial charge on any atom is -0.481 e. The fourth-order valence-corrected chi connectivity index (χ4v) is 10.6. The number of amides is 1. The Kier molecular flexibility index (Phi) is 35.0. The Morgan fingerprint density at radius 3 is 1.44 bits per heavy atom.